The van der Waals surface area contributed by atoms with Gasteiger partial charge in [-0.05, 0) is 40.9 Å². The molecular formula is C13H12BrN3O3. The summed E-state index contributed by atoms with van der Waals surface area (Å²) in [6.45, 7) is 0.493. The minimum absolute atomic E-state index is 0.0119. The summed E-state index contributed by atoms with van der Waals surface area (Å²) in [5, 5.41) is 11.2. The van der Waals surface area contributed by atoms with Crippen molar-refractivity contribution in [3.05, 3.63) is 51.0 Å². The van der Waals surface area contributed by atoms with E-state index in [1.807, 2.05) is 17.0 Å². The third-order valence-electron chi connectivity index (χ3n) is 3.18. The molecule has 0 unspecified atom stereocenters. The Labute approximate surface area is 123 Å². The Morgan fingerprint density at radius 1 is 1.55 bits per heavy atom. The fraction of sp³-hybridized carbons (Fsp3) is 0.308. The summed E-state index contributed by atoms with van der Waals surface area (Å²) in [5.41, 5.74) is 0.0119. The Balaban J connectivity index is 1.97. The van der Waals surface area contributed by atoms with Gasteiger partial charge in [-0.25, -0.2) is 4.98 Å². The molecule has 0 spiro atoms. The molecule has 1 fully saturated rings. The monoisotopic (exact) mass is 337 g/mol. The number of nitro groups is 1. The molecule has 7 heteroatoms. The van der Waals surface area contributed by atoms with Crippen LogP contribution in [0.25, 0.3) is 0 Å². The van der Waals surface area contributed by atoms with Crippen LogP contribution >= 0.6 is 15.9 Å². The van der Waals surface area contributed by atoms with Gasteiger partial charge in [0.25, 0.3) is 0 Å². The van der Waals surface area contributed by atoms with Crippen LogP contribution in [0.2, 0.25) is 0 Å². The fourth-order valence-corrected chi connectivity index (χ4v) is 2.43. The molecule has 104 valence electrons. The molecule has 0 N–H and O–H groups in total. The van der Waals surface area contributed by atoms with Crippen molar-refractivity contribution in [1.82, 2.24) is 4.98 Å². The maximum absolute atomic E-state index is 11.2. The van der Waals surface area contributed by atoms with E-state index in [9.17, 15) is 10.1 Å². The van der Waals surface area contributed by atoms with Crippen molar-refractivity contribution in [2.45, 2.75) is 25.4 Å². The standard InChI is InChI=1S/C13H12BrN3O3/c14-9-6-12(17(18)19)13(15-7-9)16(10-3-4-10)8-11-2-1-5-20-11/h1-2,5-7,10H,3-4,8H2. The average molecular weight is 338 g/mol. The number of hydrogen-bond donors (Lipinski definition) is 0. The molecule has 2 aromatic rings. The Hall–Kier alpha value is -1.89. The Kier molecular flexibility index (Phi) is 3.43. The summed E-state index contributed by atoms with van der Waals surface area (Å²) in [5.74, 6) is 1.17. The number of furan rings is 1. The maximum Gasteiger partial charge on any atom is 0.312 e. The van der Waals surface area contributed by atoms with Crippen molar-refractivity contribution in [1.29, 1.82) is 0 Å². The van der Waals surface area contributed by atoms with Crippen LogP contribution in [-0.2, 0) is 6.54 Å². The highest BCUT2D eigenvalue weighted by Gasteiger charge is 2.34. The maximum atomic E-state index is 11.2. The molecule has 0 radical (unpaired) electrons. The van der Waals surface area contributed by atoms with Crippen LogP contribution in [0.1, 0.15) is 18.6 Å². The van der Waals surface area contributed by atoms with Gasteiger partial charge in [0.15, 0.2) is 0 Å². The molecule has 20 heavy (non-hydrogen) atoms. The van der Waals surface area contributed by atoms with E-state index in [1.165, 1.54) is 6.07 Å². The third kappa shape index (κ3) is 2.67. The first-order valence-electron chi connectivity index (χ1n) is 6.24. The lowest BCUT2D eigenvalue weighted by Crippen LogP contribution is -2.26. The van der Waals surface area contributed by atoms with Gasteiger partial charge in [-0.2, -0.15) is 0 Å². The molecule has 1 aliphatic rings. The fourth-order valence-electron chi connectivity index (χ4n) is 2.11. The van der Waals surface area contributed by atoms with Gasteiger partial charge in [-0.3, -0.25) is 10.1 Å². The normalized spacial score (nSPS) is 14.2. The van der Waals surface area contributed by atoms with Gasteiger partial charge < -0.3 is 9.32 Å². The van der Waals surface area contributed by atoms with Crippen LogP contribution in [0, 0.1) is 10.1 Å². The smallest absolute Gasteiger partial charge is 0.312 e. The lowest BCUT2D eigenvalue weighted by atomic mass is 10.3. The van der Waals surface area contributed by atoms with Crippen LogP contribution in [0.3, 0.4) is 0 Å². The molecule has 0 aliphatic heterocycles. The number of nitrogens with zero attached hydrogens (tertiary/aromatic N) is 3. The van der Waals surface area contributed by atoms with E-state index >= 15 is 0 Å². The van der Waals surface area contributed by atoms with Gasteiger partial charge in [0.05, 0.1) is 17.7 Å². The Bertz CT molecular complexity index is 626. The molecule has 1 aliphatic carbocycles. The SMILES string of the molecule is O=[N+]([O-])c1cc(Br)cnc1N(Cc1ccco1)C1CC1. The van der Waals surface area contributed by atoms with Gasteiger partial charge in [0.1, 0.15) is 5.76 Å². The second-order valence-corrected chi connectivity index (χ2v) is 5.61. The first-order valence-corrected chi connectivity index (χ1v) is 7.03. The molecule has 0 saturated heterocycles. The Morgan fingerprint density at radius 2 is 2.35 bits per heavy atom. The van der Waals surface area contributed by atoms with E-state index in [1.54, 1.807) is 12.5 Å². The number of halogens is 1. The zero-order valence-electron chi connectivity index (χ0n) is 10.5. The van der Waals surface area contributed by atoms with Gasteiger partial charge in [-0.1, -0.05) is 0 Å². The minimum atomic E-state index is -0.398. The van der Waals surface area contributed by atoms with E-state index in [0.717, 1.165) is 18.6 Å². The quantitative estimate of drug-likeness (QED) is 0.616. The average Bonchev–Trinajstić information content (AvgIpc) is 3.13. The lowest BCUT2D eigenvalue weighted by molar-refractivity contribution is -0.384. The van der Waals surface area contributed by atoms with Gasteiger partial charge in [0.2, 0.25) is 5.82 Å². The number of anilines is 1. The third-order valence-corrected chi connectivity index (χ3v) is 3.61. The van der Waals surface area contributed by atoms with Crippen LogP contribution in [0.4, 0.5) is 11.5 Å². The van der Waals surface area contributed by atoms with Crippen molar-refractivity contribution < 1.29 is 9.34 Å². The molecule has 0 bridgehead atoms. The summed E-state index contributed by atoms with van der Waals surface area (Å²) in [4.78, 5) is 17.0. The molecule has 0 amide bonds. The summed E-state index contributed by atoms with van der Waals surface area (Å²) in [6.07, 6.45) is 5.23. The van der Waals surface area contributed by atoms with E-state index < -0.39 is 4.92 Å². The van der Waals surface area contributed by atoms with Crippen molar-refractivity contribution in [2.75, 3.05) is 4.90 Å². The summed E-state index contributed by atoms with van der Waals surface area (Å²) in [6, 6.07) is 5.46. The van der Waals surface area contributed by atoms with Crippen LogP contribution in [-0.4, -0.2) is 15.9 Å². The lowest BCUT2D eigenvalue weighted by Gasteiger charge is -2.22. The highest BCUT2D eigenvalue weighted by atomic mass is 79.9. The first-order chi connectivity index (χ1) is 9.65. The molecule has 2 heterocycles. The van der Waals surface area contributed by atoms with E-state index in [4.69, 9.17) is 4.42 Å². The predicted octanol–water partition coefficient (Wildman–Crippen LogP) is 3.51. The highest BCUT2D eigenvalue weighted by Crippen LogP contribution is 2.37. The molecule has 0 aromatic carbocycles. The van der Waals surface area contributed by atoms with E-state index in [0.29, 0.717) is 22.9 Å². The minimum Gasteiger partial charge on any atom is -0.467 e. The predicted molar refractivity (Wildman–Crippen MR) is 76.5 cm³/mol. The van der Waals surface area contributed by atoms with Gasteiger partial charge in [0, 0.05) is 22.8 Å². The molecule has 3 rings (SSSR count). The van der Waals surface area contributed by atoms with Crippen molar-refractivity contribution >= 4 is 27.4 Å². The zero-order valence-corrected chi connectivity index (χ0v) is 12.1. The van der Waals surface area contributed by atoms with Crippen LogP contribution < -0.4 is 4.90 Å². The number of hydrogen-bond acceptors (Lipinski definition) is 5. The largest absolute Gasteiger partial charge is 0.467 e. The van der Waals surface area contributed by atoms with Crippen LogP contribution in [0.15, 0.2) is 39.5 Å². The molecule has 6 nitrogen and oxygen atoms in total. The van der Waals surface area contributed by atoms with Gasteiger partial charge in [-0.15, -0.1) is 0 Å². The first kappa shape index (κ1) is 13.1. The van der Waals surface area contributed by atoms with E-state index in [-0.39, 0.29) is 5.69 Å². The Morgan fingerprint density at radius 3 is 2.95 bits per heavy atom. The second kappa shape index (κ2) is 5.24. The van der Waals surface area contributed by atoms with E-state index in [2.05, 4.69) is 20.9 Å². The number of pyridine rings is 1. The number of aromatic nitrogens is 1. The molecule has 1 saturated carbocycles. The molecule has 0 atom stereocenters. The summed E-state index contributed by atoms with van der Waals surface area (Å²) < 4.78 is 5.94. The highest BCUT2D eigenvalue weighted by molar-refractivity contribution is 9.10. The summed E-state index contributed by atoms with van der Waals surface area (Å²) in [7, 11) is 0. The second-order valence-electron chi connectivity index (χ2n) is 4.69. The van der Waals surface area contributed by atoms with Crippen molar-refractivity contribution in [2.24, 2.45) is 0 Å². The van der Waals surface area contributed by atoms with Crippen molar-refractivity contribution in [3.63, 3.8) is 0 Å². The van der Waals surface area contributed by atoms with Gasteiger partial charge >= 0.3 is 5.69 Å². The summed E-state index contributed by atoms with van der Waals surface area (Å²) >= 11 is 3.22. The van der Waals surface area contributed by atoms with Crippen molar-refractivity contribution in [3.8, 4) is 0 Å². The van der Waals surface area contributed by atoms with Crippen LogP contribution in [0.5, 0.6) is 0 Å². The molecular weight excluding hydrogens is 326 g/mol. The molecule has 2 aromatic heterocycles. The zero-order chi connectivity index (χ0) is 14.1. The topological polar surface area (TPSA) is 72.4 Å². The number of rotatable bonds is 5.